The summed E-state index contributed by atoms with van der Waals surface area (Å²) in [6.07, 6.45) is 0.709. The molecular weight excluding hydrogens is 250 g/mol. The van der Waals surface area contributed by atoms with E-state index in [9.17, 15) is 9.59 Å². The van der Waals surface area contributed by atoms with Crippen molar-refractivity contribution < 1.29 is 24.2 Å². The van der Waals surface area contributed by atoms with Crippen LogP contribution in [0.15, 0.2) is 0 Å². The van der Waals surface area contributed by atoms with E-state index in [-0.39, 0.29) is 5.91 Å². The fourth-order valence-corrected chi connectivity index (χ4v) is 2.33. The average Bonchev–Trinajstić information content (AvgIpc) is 2.91. The van der Waals surface area contributed by atoms with Gasteiger partial charge in [-0.3, -0.25) is 9.59 Å². The zero-order valence-corrected chi connectivity index (χ0v) is 11.8. The van der Waals surface area contributed by atoms with Crippen molar-refractivity contribution in [2.45, 2.75) is 20.3 Å². The number of hydrogen-bond donors (Lipinski definition) is 2. The number of carbonyl (C=O) groups excluding carboxylic acids is 1. The summed E-state index contributed by atoms with van der Waals surface area (Å²) in [6.45, 7) is 5.78. The second kappa shape index (κ2) is 6.86. The maximum absolute atomic E-state index is 11.8. The highest BCUT2D eigenvalue weighted by atomic mass is 16.5. The summed E-state index contributed by atoms with van der Waals surface area (Å²) >= 11 is 0. The van der Waals surface area contributed by atoms with Crippen molar-refractivity contribution in [3.63, 3.8) is 0 Å². The zero-order chi connectivity index (χ0) is 14.5. The number of aliphatic carboxylic acids is 1. The van der Waals surface area contributed by atoms with E-state index in [0.717, 1.165) is 0 Å². The highest BCUT2D eigenvalue weighted by Crippen LogP contribution is 2.58. The molecule has 0 heterocycles. The third-order valence-corrected chi connectivity index (χ3v) is 3.57. The van der Waals surface area contributed by atoms with E-state index in [1.54, 1.807) is 7.11 Å². The fraction of sp³-hybridized carbons (Fsp3) is 0.846. The molecule has 0 saturated heterocycles. The third-order valence-electron chi connectivity index (χ3n) is 3.57. The molecule has 6 nitrogen and oxygen atoms in total. The standard InChI is InChI=1S/C13H23NO5/c1-13(2)9(10(13)12(16)17)11(15)14-5-4-6-19-8-7-18-3/h9-10H,4-8H2,1-3H3,(H,14,15)(H,16,17)/t9-,10+/m1/s1. The highest BCUT2D eigenvalue weighted by Gasteiger charge is 2.65. The monoisotopic (exact) mass is 273 g/mol. The number of amides is 1. The van der Waals surface area contributed by atoms with Crippen LogP contribution in [0.1, 0.15) is 20.3 Å². The Bertz CT molecular complexity index is 329. The molecule has 2 atom stereocenters. The van der Waals surface area contributed by atoms with Crippen LogP contribution >= 0.6 is 0 Å². The number of carbonyl (C=O) groups is 2. The summed E-state index contributed by atoms with van der Waals surface area (Å²) in [5, 5.41) is 11.8. The molecule has 0 aliphatic heterocycles. The number of methoxy groups -OCH3 is 1. The van der Waals surface area contributed by atoms with Gasteiger partial charge in [-0.2, -0.15) is 0 Å². The topological polar surface area (TPSA) is 84.9 Å². The lowest BCUT2D eigenvalue weighted by molar-refractivity contribution is -0.140. The molecule has 2 N–H and O–H groups in total. The van der Waals surface area contributed by atoms with Gasteiger partial charge in [-0.15, -0.1) is 0 Å². The molecule has 1 aliphatic carbocycles. The number of ether oxygens (including phenoxy) is 2. The SMILES string of the molecule is COCCOCCCNC(=O)[C@H]1[C@@H](C(=O)O)C1(C)C. The summed E-state index contributed by atoms with van der Waals surface area (Å²) in [6, 6.07) is 0. The van der Waals surface area contributed by atoms with Crippen LogP contribution in [-0.4, -0.2) is 50.5 Å². The number of rotatable bonds is 9. The number of hydrogen-bond acceptors (Lipinski definition) is 4. The molecule has 1 amide bonds. The molecule has 110 valence electrons. The minimum Gasteiger partial charge on any atom is -0.481 e. The molecule has 1 rings (SSSR count). The first-order valence-corrected chi connectivity index (χ1v) is 6.50. The van der Waals surface area contributed by atoms with Crippen molar-refractivity contribution in [1.29, 1.82) is 0 Å². The summed E-state index contributed by atoms with van der Waals surface area (Å²) in [4.78, 5) is 22.8. The summed E-state index contributed by atoms with van der Waals surface area (Å²) in [5.41, 5.74) is -0.440. The lowest BCUT2D eigenvalue weighted by Crippen LogP contribution is -2.28. The molecular formula is C13H23NO5. The largest absolute Gasteiger partial charge is 0.481 e. The molecule has 0 bridgehead atoms. The minimum absolute atomic E-state index is 0.172. The van der Waals surface area contributed by atoms with Gasteiger partial charge in [0.2, 0.25) is 5.91 Å². The van der Waals surface area contributed by atoms with Crippen LogP contribution in [0.4, 0.5) is 0 Å². The Labute approximate surface area is 113 Å². The van der Waals surface area contributed by atoms with E-state index in [4.69, 9.17) is 14.6 Å². The molecule has 1 saturated carbocycles. The number of nitrogens with one attached hydrogen (secondary N) is 1. The van der Waals surface area contributed by atoms with E-state index in [1.165, 1.54) is 0 Å². The summed E-state index contributed by atoms with van der Waals surface area (Å²) < 4.78 is 10.1. The van der Waals surface area contributed by atoms with Crippen molar-refractivity contribution in [1.82, 2.24) is 5.32 Å². The van der Waals surface area contributed by atoms with Crippen molar-refractivity contribution in [2.24, 2.45) is 17.3 Å². The number of carboxylic acids is 1. The predicted molar refractivity (Wildman–Crippen MR) is 68.7 cm³/mol. The Morgan fingerprint density at radius 1 is 1.21 bits per heavy atom. The van der Waals surface area contributed by atoms with Crippen LogP contribution in [0.5, 0.6) is 0 Å². The molecule has 0 unspecified atom stereocenters. The van der Waals surface area contributed by atoms with Gasteiger partial charge in [0.1, 0.15) is 0 Å². The Morgan fingerprint density at radius 3 is 2.42 bits per heavy atom. The first kappa shape index (κ1) is 15.9. The van der Waals surface area contributed by atoms with Crippen molar-refractivity contribution in [3.8, 4) is 0 Å². The van der Waals surface area contributed by atoms with Crippen molar-refractivity contribution in [3.05, 3.63) is 0 Å². The Hall–Kier alpha value is -1.14. The van der Waals surface area contributed by atoms with Crippen LogP contribution in [-0.2, 0) is 19.1 Å². The van der Waals surface area contributed by atoms with E-state index >= 15 is 0 Å². The predicted octanol–water partition coefficient (Wildman–Crippen LogP) is 0.512. The molecule has 1 fully saturated rings. The fourth-order valence-electron chi connectivity index (χ4n) is 2.33. The first-order chi connectivity index (χ1) is 8.92. The van der Waals surface area contributed by atoms with Crippen molar-refractivity contribution in [2.75, 3.05) is 33.5 Å². The number of carboxylic acid groups (broad SMARTS) is 1. The van der Waals surface area contributed by atoms with Crippen LogP contribution in [0, 0.1) is 17.3 Å². The van der Waals surface area contributed by atoms with Gasteiger partial charge in [0.15, 0.2) is 0 Å². The van der Waals surface area contributed by atoms with Crippen LogP contribution in [0.2, 0.25) is 0 Å². The lowest BCUT2D eigenvalue weighted by Gasteiger charge is -2.06. The highest BCUT2D eigenvalue weighted by molar-refractivity contribution is 5.91. The quantitative estimate of drug-likeness (QED) is 0.598. The molecule has 0 radical (unpaired) electrons. The molecule has 1 aliphatic rings. The maximum atomic E-state index is 11.8. The molecule has 19 heavy (non-hydrogen) atoms. The molecule has 0 aromatic heterocycles. The minimum atomic E-state index is -0.895. The smallest absolute Gasteiger partial charge is 0.307 e. The van der Waals surface area contributed by atoms with Gasteiger partial charge >= 0.3 is 5.97 Å². The zero-order valence-electron chi connectivity index (χ0n) is 11.8. The lowest BCUT2D eigenvalue weighted by atomic mass is 10.1. The van der Waals surface area contributed by atoms with Crippen LogP contribution in [0.25, 0.3) is 0 Å². The van der Waals surface area contributed by atoms with Gasteiger partial charge in [-0.25, -0.2) is 0 Å². The molecule has 0 aromatic rings. The van der Waals surface area contributed by atoms with E-state index < -0.39 is 23.2 Å². The molecule has 6 heteroatoms. The van der Waals surface area contributed by atoms with Gasteiger partial charge < -0.3 is 19.9 Å². The Morgan fingerprint density at radius 2 is 1.89 bits per heavy atom. The van der Waals surface area contributed by atoms with E-state index in [2.05, 4.69) is 5.32 Å². The second-order valence-corrected chi connectivity index (χ2v) is 5.36. The summed E-state index contributed by atoms with van der Waals surface area (Å²) in [5.74, 6) is -2.05. The van der Waals surface area contributed by atoms with Gasteiger partial charge in [-0.05, 0) is 11.8 Å². The third kappa shape index (κ3) is 4.18. The molecule has 0 spiro atoms. The van der Waals surface area contributed by atoms with Crippen LogP contribution < -0.4 is 5.32 Å². The van der Waals surface area contributed by atoms with Crippen molar-refractivity contribution >= 4 is 11.9 Å². The van der Waals surface area contributed by atoms with Crippen LogP contribution in [0.3, 0.4) is 0 Å². The van der Waals surface area contributed by atoms with Gasteiger partial charge in [0.05, 0.1) is 25.0 Å². The van der Waals surface area contributed by atoms with Gasteiger partial charge in [0, 0.05) is 20.3 Å². The normalized spacial score (nSPS) is 23.9. The Balaban J connectivity index is 2.14. The summed E-state index contributed by atoms with van der Waals surface area (Å²) in [7, 11) is 1.61. The van der Waals surface area contributed by atoms with E-state index in [1.807, 2.05) is 13.8 Å². The van der Waals surface area contributed by atoms with Gasteiger partial charge in [0.25, 0.3) is 0 Å². The second-order valence-electron chi connectivity index (χ2n) is 5.36. The average molecular weight is 273 g/mol. The first-order valence-electron chi connectivity index (χ1n) is 6.50. The maximum Gasteiger partial charge on any atom is 0.307 e. The van der Waals surface area contributed by atoms with Gasteiger partial charge in [-0.1, -0.05) is 13.8 Å². The molecule has 0 aromatic carbocycles. The van der Waals surface area contributed by atoms with E-state index in [0.29, 0.717) is 32.8 Å². The Kier molecular flexibility index (Phi) is 5.75.